The molecule has 2 rings (SSSR count). The largest absolute Gasteiger partial charge is 0.506 e. The van der Waals surface area contributed by atoms with E-state index >= 15 is 0 Å². The molecule has 1 amide bonds. The number of thiocarbonyl (C=S) groups is 1. The number of hydrogen-bond acceptors (Lipinski definition) is 3. The van der Waals surface area contributed by atoms with Crippen molar-refractivity contribution in [2.24, 2.45) is 0 Å². The van der Waals surface area contributed by atoms with Crippen molar-refractivity contribution in [3.05, 3.63) is 30.5 Å². The Morgan fingerprint density at radius 3 is 2.59 bits per heavy atom. The zero-order chi connectivity index (χ0) is 12.6. The molecule has 0 radical (unpaired) electrons. The third-order valence-corrected chi connectivity index (χ3v) is 3.73. The number of carbonyl (C=O) groups excluding carboxylic acids is 1. The van der Waals surface area contributed by atoms with Gasteiger partial charge >= 0.3 is 0 Å². The maximum Gasteiger partial charge on any atom is 0.273 e. The number of hydrogen-bond donors (Lipinski definition) is 3. The van der Waals surface area contributed by atoms with Crippen LogP contribution in [0.15, 0.2) is 17.8 Å². The number of benzene rings is 1. The topological polar surface area (TPSA) is 61.4 Å². The van der Waals surface area contributed by atoms with Crippen molar-refractivity contribution in [2.45, 2.75) is 0 Å². The number of nitrogens with one attached hydrogen (secondary N) is 2. The van der Waals surface area contributed by atoms with E-state index in [2.05, 4.69) is 33.2 Å². The van der Waals surface area contributed by atoms with Gasteiger partial charge in [-0.05, 0) is 75.6 Å². The first-order valence-electron chi connectivity index (χ1n) is 4.49. The molecular formula is C10H6I2N2O2S. The zero-order valence-electron chi connectivity index (χ0n) is 8.25. The Bertz CT molecular complexity index is 557. The standard InChI is InChI=1S/C10H6I2N2O2S/c11-5-1-4(8(15)6(12)3-5)2-7-9(16)14-10(17)13-7/h1-3,15H,(H2,13,14,16,17)/b7-2+. The molecule has 3 N–H and O–H groups in total. The Labute approximate surface area is 130 Å². The average molecular weight is 472 g/mol. The van der Waals surface area contributed by atoms with Crippen LogP contribution in [-0.2, 0) is 4.79 Å². The second-order valence-electron chi connectivity index (χ2n) is 3.29. The fourth-order valence-corrected chi connectivity index (χ4v) is 3.43. The summed E-state index contributed by atoms with van der Waals surface area (Å²) in [5.74, 6) is -0.130. The maximum atomic E-state index is 11.5. The van der Waals surface area contributed by atoms with Crippen LogP contribution in [0.5, 0.6) is 5.75 Å². The Morgan fingerprint density at radius 2 is 2.00 bits per heavy atom. The summed E-state index contributed by atoms with van der Waals surface area (Å²) in [4.78, 5) is 11.5. The molecule has 88 valence electrons. The van der Waals surface area contributed by atoms with Crippen molar-refractivity contribution in [3.63, 3.8) is 0 Å². The summed E-state index contributed by atoms with van der Waals surface area (Å²) < 4.78 is 1.72. The van der Waals surface area contributed by atoms with E-state index in [1.165, 1.54) is 0 Å². The van der Waals surface area contributed by atoms with Crippen LogP contribution in [0, 0.1) is 7.14 Å². The molecule has 1 heterocycles. The first-order chi connectivity index (χ1) is 7.97. The number of rotatable bonds is 1. The van der Waals surface area contributed by atoms with E-state index in [0.717, 1.165) is 7.14 Å². The summed E-state index contributed by atoms with van der Waals surface area (Å²) in [6.07, 6.45) is 1.58. The van der Waals surface area contributed by atoms with Crippen molar-refractivity contribution in [3.8, 4) is 5.75 Å². The molecule has 4 nitrogen and oxygen atoms in total. The van der Waals surface area contributed by atoms with Gasteiger partial charge in [0.1, 0.15) is 11.4 Å². The Morgan fingerprint density at radius 1 is 1.29 bits per heavy atom. The highest BCUT2D eigenvalue weighted by Gasteiger charge is 2.20. The minimum atomic E-state index is -0.289. The van der Waals surface area contributed by atoms with Gasteiger partial charge in [0.15, 0.2) is 5.11 Å². The van der Waals surface area contributed by atoms with Crippen molar-refractivity contribution < 1.29 is 9.90 Å². The lowest BCUT2D eigenvalue weighted by molar-refractivity contribution is -0.115. The summed E-state index contributed by atoms with van der Waals surface area (Å²) in [6.45, 7) is 0. The third kappa shape index (κ3) is 2.88. The maximum absolute atomic E-state index is 11.5. The molecule has 0 unspecified atom stereocenters. The molecular weight excluding hydrogens is 466 g/mol. The number of phenols is 1. The van der Waals surface area contributed by atoms with Crippen molar-refractivity contribution in [2.75, 3.05) is 0 Å². The van der Waals surface area contributed by atoms with Gasteiger partial charge in [0.25, 0.3) is 5.91 Å². The first kappa shape index (κ1) is 13.0. The van der Waals surface area contributed by atoms with E-state index in [-0.39, 0.29) is 16.8 Å². The fraction of sp³-hybridized carbons (Fsp3) is 0. The Hall–Kier alpha value is -0.420. The summed E-state index contributed by atoms with van der Waals surface area (Å²) in [5, 5.41) is 15.4. The predicted molar refractivity (Wildman–Crippen MR) is 85.4 cm³/mol. The van der Waals surface area contributed by atoms with E-state index in [4.69, 9.17) is 12.2 Å². The highest BCUT2D eigenvalue weighted by molar-refractivity contribution is 14.1. The monoisotopic (exact) mass is 472 g/mol. The molecule has 1 fully saturated rings. The number of aromatic hydroxyl groups is 1. The molecule has 1 aromatic carbocycles. The SMILES string of the molecule is O=C1NC(=S)N/C1=C/c1cc(I)cc(I)c1O. The molecule has 0 aromatic heterocycles. The normalized spacial score (nSPS) is 17.2. The van der Waals surface area contributed by atoms with Crippen LogP contribution in [0.25, 0.3) is 6.08 Å². The van der Waals surface area contributed by atoms with E-state index in [0.29, 0.717) is 11.3 Å². The van der Waals surface area contributed by atoms with Gasteiger partial charge in [-0.1, -0.05) is 0 Å². The Balaban J connectivity index is 2.46. The van der Waals surface area contributed by atoms with Gasteiger partial charge in [0, 0.05) is 9.13 Å². The molecule has 0 bridgehead atoms. The average Bonchev–Trinajstić information content (AvgIpc) is 2.53. The van der Waals surface area contributed by atoms with Gasteiger partial charge in [-0.25, -0.2) is 0 Å². The van der Waals surface area contributed by atoms with E-state index < -0.39 is 0 Å². The quantitative estimate of drug-likeness (QED) is 0.333. The summed E-state index contributed by atoms with van der Waals surface area (Å²) >= 11 is 9.02. The van der Waals surface area contributed by atoms with Crippen molar-refractivity contribution in [1.29, 1.82) is 0 Å². The van der Waals surface area contributed by atoms with Crippen LogP contribution in [0.4, 0.5) is 0 Å². The molecule has 1 aromatic rings. The fourth-order valence-electron chi connectivity index (χ4n) is 1.33. The van der Waals surface area contributed by atoms with Crippen LogP contribution in [0.1, 0.15) is 5.56 Å². The highest BCUT2D eigenvalue weighted by atomic mass is 127. The highest BCUT2D eigenvalue weighted by Crippen LogP contribution is 2.28. The third-order valence-electron chi connectivity index (χ3n) is 2.08. The van der Waals surface area contributed by atoms with Crippen LogP contribution >= 0.6 is 57.4 Å². The van der Waals surface area contributed by atoms with E-state index in [9.17, 15) is 9.90 Å². The second-order valence-corrected chi connectivity index (χ2v) is 6.11. The minimum absolute atomic E-state index is 0.158. The minimum Gasteiger partial charge on any atom is -0.506 e. The number of carbonyl (C=O) groups is 1. The van der Waals surface area contributed by atoms with Gasteiger partial charge in [0.05, 0.1) is 3.57 Å². The van der Waals surface area contributed by atoms with E-state index in [1.54, 1.807) is 12.1 Å². The molecule has 0 atom stereocenters. The summed E-state index contributed by atoms with van der Waals surface area (Å²) in [6, 6.07) is 3.65. The second kappa shape index (κ2) is 5.06. The Kier molecular flexibility index (Phi) is 3.88. The molecule has 0 saturated carbocycles. The number of phenolic OH excluding ortho intramolecular Hbond substituents is 1. The number of amides is 1. The van der Waals surface area contributed by atoms with Gasteiger partial charge in [0.2, 0.25) is 0 Å². The smallest absolute Gasteiger partial charge is 0.273 e. The number of halogens is 2. The predicted octanol–water partition coefficient (Wildman–Crippen LogP) is 1.95. The lowest BCUT2D eigenvalue weighted by Crippen LogP contribution is -2.21. The summed E-state index contributed by atoms with van der Waals surface area (Å²) in [5.41, 5.74) is 0.923. The summed E-state index contributed by atoms with van der Waals surface area (Å²) in [7, 11) is 0. The lowest BCUT2D eigenvalue weighted by Gasteiger charge is -2.04. The van der Waals surface area contributed by atoms with Crippen LogP contribution in [0.2, 0.25) is 0 Å². The van der Waals surface area contributed by atoms with E-state index in [1.807, 2.05) is 28.7 Å². The molecule has 17 heavy (non-hydrogen) atoms. The first-order valence-corrected chi connectivity index (χ1v) is 7.06. The molecule has 7 heteroatoms. The van der Waals surface area contributed by atoms with Crippen LogP contribution in [-0.4, -0.2) is 16.1 Å². The van der Waals surface area contributed by atoms with Crippen molar-refractivity contribution in [1.82, 2.24) is 10.6 Å². The van der Waals surface area contributed by atoms with Crippen LogP contribution < -0.4 is 10.6 Å². The molecule has 1 aliphatic heterocycles. The van der Waals surface area contributed by atoms with Crippen molar-refractivity contribution >= 4 is 74.5 Å². The molecule has 0 aliphatic carbocycles. The molecule has 1 aliphatic rings. The van der Waals surface area contributed by atoms with Crippen LogP contribution in [0.3, 0.4) is 0 Å². The zero-order valence-corrected chi connectivity index (χ0v) is 13.4. The molecule has 1 saturated heterocycles. The molecule has 0 spiro atoms. The van der Waals surface area contributed by atoms with Gasteiger partial charge in [-0.3, -0.25) is 10.1 Å². The lowest BCUT2D eigenvalue weighted by atomic mass is 10.1. The van der Waals surface area contributed by atoms with Gasteiger partial charge in [-0.2, -0.15) is 0 Å². The van der Waals surface area contributed by atoms with Gasteiger partial charge in [-0.15, -0.1) is 0 Å². The van der Waals surface area contributed by atoms with Gasteiger partial charge < -0.3 is 10.4 Å².